The summed E-state index contributed by atoms with van der Waals surface area (Å²) in [7, 11) is 0. The molecule has 0 aliphatic carbocycles. The van der Waals surface area contributed by atoms with E-state index in [1.807, 2.05) is 0 Å². The molecular formula is C23H21F2N3O2. The summed E-state index contributed by atoms with van der Waals surface area (Å²) in [5.41, 5.74) is 2.10. The van der Waals surface area contributed by atoms with Gasteiger partial charge >= 0.3 is 0 Å². The van der Waals surface area contributed by atoms with Crippen molar-refractivity contribution in [3.63, 3.8) is 0 Å². The van der Waals surface area contributed by atoms with E-state index in [0.717, 1.165) is 22.3 Å². The Morgan fingerprint density at radius 2 is 1.83 bits per heavy atom. The maximum absolute atomic E-state index is 13.9. The Morgan fingerprint density at radius 1 is 1.13 bits per heavy atom. The Morgan fingerprint density at radius 3 is 2.53 bits per heavy atom. The van der Waals surface area contributed by atoms with Crippen molar-refractivity contribution in [3.05, 3.63) is 59.7 Å². The van der Waals surface area contributed by atoms with Crippen LogP contribution in [0.25, 0.3) is 22.2 Å². The molecule has 0 saturated carbocycles. The number of hydrogen-bond acceptors (Lipinski definition) is 3. The summed E-state index contributed by atoms with van der Waals surface area (Å²) in [6.45, 7) is 0.870. The zero-order valence-corrected chi connectivity index (χ0v) is 16.3. The summed E-state index contributed by atoms with van der Waals surface area (Å²) in [5.74, 6) is -0.960. The smallest absolute Gasteiger partial charge is 0.221 e. The zero-order valence-electron chi connectivity index (χ0n) is 16.3. The van der Waals surface area contributed by atoms with Crippen molar-refractivity contribution in [1.29, 1.82) is 5.26 Å². The van der Waals surface area contributed by atoms with Crippen LogP contribution < -0.4 is 5.32 Å². The largest absolute Gasteiger partial charge is 0.381 e. The Kier molecular flexibility index (Phi) is 5.51. The summed E-state index contributed by atoms with van der Waals surface area (Å²) < 4.78 is 32.5. The first kappa shape index (κ1) is 20.0. The van der Waals surface area contributed by atoms with Crippen LogP contribution in [-0.4, -0.2) is 29.6 Å². The third kappa shape index (κ3) is 4.05. The number of aromatic amines is 1. The van der Waals surface area contributed by atoms with Crippen molar-refractivity contribution in [1.82, 2.24) is 10.3 Å². The van der Waals surface area contributed by atoms with Crippen molar-refractivity contribution in [2.45, 2.75) is 31.2 Å². The van der Waals surface area contributed by atoms with E-state index in [-0.39, 0.29) is 24.0 Å². The maximum Gasteiger partial charge on any atom is 0.221 e. The molecule has 1 saturated heterocycles. The number of amides is 1. The Labute approximate surface area is 172 Å². The lowest BCUT2D eigenvalue weighted by Crippen LogP contribution is -2.51. The monoisotopic (exact) mass is 409 g/mol. The summed E-state index contributed by atoms with van der Waals surface area (Å²) in [4.78, 5) is 15.9. The van der Waals surface area contributed by atoms with Gasteiger partial charge in [0.1, 0.15) is 17.2 Å². The van der Waals surface area contributed by atoms with E-state index < -0.39 is 5.54 Å². The normalized spacial score (nSPS) is 15.6. The minimum atomic E-state index is -0.901. The molecule has 2 aromatic carbocycles. The summed E-state index contributed by atoms with van der Waals surface area (Å²) >= 11 is 0. The first-order valence-electron chi connectivity index (χ1n) is 9.86. The minimum Gasteiger partial charge on any atom is -0.381 e. The highest BCUT2D eigenvalue weighted by Crippen LogP contribution is 2.32. The number of aromatic nitrogens is 1. The number of nitrogens with one attached hydrogen (secondary N) is 2. The summed E-state index contributed by atoms with van der Waals surface area (Å²) in [6, 6.07) is 12.7. The van der Waals surface area contributed by atoms with Gasteiger partial charge in [0.2, 0.25) is 5.91 Å². The molecule has 1 aromatic heterocycles. The molecular weight excluding hydrogens is 388 g/mol. The highest BCUT2D eigenvalue weighted by atomic mass is 19.1. The number of nitrogens with zero attached hydrogens (tertiary/aromatic N) is 1. The number of nitriles is 1. The average molecular weight is 409 g/mol. The van der Waals surface area contributed by atoms with Gasteiger partial charge in [0.15, 0.2) is 0 Å². The van der Waals surface area contributed by atoms with E-state index in [1.165, 1.54) is 24.3 Å². The molecule has 0 unspecified atom stereocenters. The van der Waals surface area contributed by atoms with E-state index >= 15 is 0 Å². The standard InChI is InChI=1S/C23H21F2N3O2/c24-16-3-1-15(2-4-16)22-18(19-13-17(25)5-7-20(19)27-22)6-8-21(29)28-23(14-26)9-11-30-12-10-23/h1-5,7,13,27H,6,8-12H2,(H,28,29). The first-order valence-corrected chi connectivity index (χ1v) is 9.86. The molecule has 0 atom stereocenters. The van der Waals surface area contributed by atoms with Crippen molar-refractivity contribution in [2.24, 2.45) is 0 Å². The van der Waals surface area contributed by atoms with E-state index in [9.17, 15) is 18.8 Å². The van der Waals surface area contributed by atoms with E-state index in [0.29, 0.717) is 37.9 Å². The molecule has 0 bridgehead atoms. The van der Waals surface area contributed by atoms with Crippen LogP contribution in [0, 0.1) is 23.0 Å². The van der Waals surface area contributed by atoms with Gasteiger partial charge in [0, 0.05) is 49.1 Å². The molecule has 1 amide bonds. The second-order valence-electron chi connectivity index (χ2n) is 7.53. The average Bonchev–Trinajstić information content (AvgIpc) is 3.11. The fourth-order valence-electron chi connectivity index (χ4n) is 3.90. The molecule has 30 heavy (non-hydrogen) atoms. The highest BCUT2D eigenvalue weighted by Gasteiger charge is 2.34. The number of hydrogen-bond donors (Lipinski definition) is 2. The molecule has 2 heterocycles. The van der Waals surface area contributed by atoms with Gasteiger partial charge in [-0.3, -0.25) is 4.79 Å². The fourth-order valence-corrected chi connectivity index (χ4v) is 3.90. The van der Waals surface area contributed by atoms with Gasteiger partial charge in [-0.25, -0.2) is 8.78 Å². The maximum atomic E-state index is 13.9. The lowest BCUT2D eigenvalue weighted by molar-refractivity contribution is -0.123. The highest BCUT2D eigenvalue weighted by molar-refractivity contribution is 5.91. The second-order valence-corrected chi connectivity index (χ2v) is 7.53. The third-order valence-electron chi connectivity index (χ3n) is 5.54. The Balaban J connectivity index is 1.60. The predicted octanol–water partition coefficient (Wildman–Crippen LogP) is 4.23. The Bertz CT molecular complexity index is 1110. The van der Waals surface area contributed by atoms with Gasteiger partial charge in [0.25, 0.3) is 0 Å². The van der Waals surface area contributed by atoms with Gasteiger partial charge < -0.3 is 15.0 Å². The molecule has 1 aliphatic rings. The fraction of sp³-hybridized carbons (Fsp3) is 0.304. The van der Waals surface area contributed by atoms with Gasteiger partial charge in [-0.15, -0.1) is 0 Å². The molecule has 1 aliphatic heterocycles. The lowest BCUT2D eigenvalue weighted by Gasteiger charge is -2.31. The zero-order chi connectivity index (χ0) is 21.1. The van der Waals surface area contributed by atoms with Crippen molar-refractivity contribution < 1.29 is 18.3 Å². The molecule has 4 rings (SSSR count). The van der Waals surface area contributed by atoms with E-state index in [2.05, 4.69) is 16.4 Å². The molecule has 1 fully saturated rings. The van der Waals surface area contributed by atoms with Crippen LogP contribution in [0.2, 0.25) is 0 Å². The minimum absolute atomic E-state index is 0.141. The van der Waals surface area contributed by atoms with E-state index in [4.69, 9.17) is 4.74 Å². The number of ether oxygens (including phenoxy) is 1. The topological polar surface area (TPSA) is 77.9 Å². The number of aryl methyl sites for hydroxylation is 1. The number of benzene rings is 2. The quantitative estimate of drug-likeness (QED) is 0.662. The molecule has 154 valence electrons. The van der Waals surface area contributed by atoms with Crippen molar-refractivity contribution >= 4 is 16.8 Å². The van der Waals surface area contributed by atoms with Gasteiger partial charge in [-0.2, -0.15) is 5.26 Å². The van der Waals surface area contributed by atoms with Crippen LogP contribution in [-0.2, 0) is 16.0 Å². The molecule has 0 radical (unpaired) electrons. The number of H-pyrrole nitrogens is 1. The number of rotatable bonds is 5. The first-order chi connectivity index (χ1) is 14.5. The van der Waals surface area contributed by atoms with Crippen LogP contribution in [0.4, 0.5) is 8.78 Å². The number of halogens is 2. The molecule has 0 spiro atoms. The SMILES string of the molecule is N#CC1(NC(=O)CCc2c(-c3ccc(F)cc3)[nH]c3ccc(F)cc23)CCOCC1. The van der Waals surface area contributed by atoms with Gasteiger partial charge in [-0.05, 0) is 60.0 Å². The molecule has 3 aromatic rings. The Hall–Kier alpha value is -3.24. The second kappa shape index (κ2) is 8.25. The van der Waals surface area contributed by atoms with Gasteiger partial charge in [0.05, 0.1) is 6.07 Å². The van der Waals surface area contributed by atoms with Crippen LogP contribution in [0.15, 0.2) is 42.5 Å². The third-order valence-corrected chi connectivity index (χ3v) is 5.54. The van der Waals surface area contributed by atoms with Gasteiger partial charge in [-0.1, -0.05) is 0 Å². The lowest BCUT2D eigenvalue weighted by atomic mass is 9.91. The summed E-state index contributed by atoms with van der Waals surface area (Å²) in [5, 5.41) is 13.1. The molecule has 2 N–H and O–H groups in total. The van der Waals surface area contributed by atoms with Crippen LogP contribution >= 0.6 is 0 Å². The van der Waals surface area contributed by atoms with Crippen LogP contribution in [0.1, 0.15) is 24.8 Å². The molecule has 7 heteroatoms. The summed E-state index contributed by atoms with van der Waals surface area (Å²) in [6.07, 6.45) is 1.39. The van der Waals surface area contributed by atoms with Crippen molar-refractivity contribution in [3.8, 4) is 17.3 Å². The van der Waals surface area contributed by atoms with Crippen LogP contribution in [0.3, 0.4) is 0 Å². The molecule has 5 nitrogen and oxygen atoms in total. The van der Waals surface area contributed by atoms with Crippen LogP contribution in [0.5, 0.6) is 0 Å². The predicted molar refractivity (Wildman–Crippen MR) is 109 cm³/mol. The number of fused-ring (bicyclic) bond motifs is 1. The van der Waals surface area contributed by atoms with Crippen molar-refractivity contribution in [2.75, 3.05) is 13.2 Å². The van der Waals surface area contributed by atoms with E-state index in [1.54, 1.807) is 18.2 Å². The number of carbonyl (C=O) groups excluding carboxylic acids is 1. The number of carbonyl (C=O) groups is 1.